The molecule has 0 radical (unpaired) electrons. The number of rotatable bonds is 2. The van der Waals surface area contributed by atoms with Gasteiger partial charge in [0, 0.05) is 0 Å². The summed E-state index contributed by atoms with van der Waals surface area (Å²) in [6.45, 7) is 7.26. The minimum Gasteiger partial charge on any atom is -0.784 e. The summed E-state index contributed by atoms with van der Waals surface area (Å²) in [5.41, 5.74) is 2.35. The van der Waals surface area contributed by atoms with Crippen molar-refractivity contribution in [1.82, 2.24) is 0 Å². The van der Waals surface area contributed by atoms with Crippen LogP contribution >= 0.6 is 0 Å². The summed E-state index contributed by atoms with van der Waals surface area (Å²) in [6, 6.07) is 20.1. The van der Waals surface area contributed by atoms with Gasteiger partial charge >= 0.3 is 59.1 Å². The summed E-state index contributed by atoms with van der Waals surface area (Å²) in [5, 5.41) is 0. The normalized spacial score (nSPS) is 7.77. The van der Waals surface area contributed by atoms with E-state index >= 15 is 0 Å². The standard InChI is InChI=1S/2C8H8.2Na.H2O3S/c2*1-2-8-6-4-3-5-7-8;;;1-4(2)3/h2*2-7H,1H2;;;(H2,1,2,3)/q;;2*+1;/p-2. The fourth-order valence-electron chi connectivity index (χ4n) is 1.18. The van der Waals surface area contributed by atoms with Crippen molar-refractivity contribution in [2.24, 2.45) is 0 Å². The molecule has 6 heteroatoms. The van der Waals surface area contributed by atoms with Crippen molar-refractivity contribution in [3.8, 4) is 0 Å². The molecule has 0 saturated heterocycles. The van der Waals surface area contributed by atoms with Crippen LogP contribution in [0, 0.1) is 0 Å². The van der Waals surface area contributed by atoms with Gasteiger partial charge < -0.3 is 9.11 Å². The zero-order valence-corrected chi connectivity index (χ0v) is 17.8. The molecule has 0 atom stereocenters. The minimum atomic E-state index is -3.11. The molecule has 0 N–H and O–H groups in total. The average molecular weight is 334 g/mol. The molecule has 0 aliphatic rings. The summed E-state index contributed by atoms with van der Waals surface area (Å²) in [4.78, 5) is 0. The Morgan fingerprint density at radius 2 is 0.955 bits per heavy atom. The minimum absolute atomic E-state index is 0. The molecule has 0 saturated carbocycles. The van der Waals surface area contributed by atoms with E-state index in [0.717, 1.165) is 0 Å². The first-order chi connectivity index (χ1) is 9.60. The van der Waals surface area contributed by atoms with Crippen LogP contribution < -0.4 is 59.1 Å². The fourth-order valence-corrected chi connectivity index (χ4v) is 1.18. The maximum atomic E-state index is 8.44. The first kappa shape index (κ1) is 26.9. The summed E-state index contributed by atoms with van der Waals surface area (Å²) in [7, 11) is 0. The van der Waals surface area contributed by atoms with Crippen molar-refractivity contribution in [2.75, 3.05) is 0 Å². The molecule has 0 aliphatic heterocycles. The molecule has 2 rings (SSSR count). The summed E-state index contributed by atoms with van der Waals surface area (Å²) < 4.78 is 25.3. The topological polar surface area (TPSA) is 63.2 Å². The van der Waals surface area contributed by atoms with Crippen molar-refractivity contribution < 1.29 is 72.4 Å². The molecule has 0 amide bonds. The molecule has 2 aromatic rings. The van der Waals surface area contributed by atoms with E-state index in [0.29, 0.717) is 0 Å². The molecule has 0 bridgehead atoms. The van der Waals surface area contributed by atoms with E-state index in [2.05, 4.69) is 13.2 Å². The van der Waals surface area contributed by atoms with Gasteiger partial charge in [0.2, 0.25) is 0 Å². The molecule has 3 nitrogen and oxygen atoms in total. The van der Waals surface area contributed by atoms with Crippen molar-refractivity contribution >= 4 is 23.5 Å². The molecule has 0 fully saturated rings. The molecule has 0 aliphatic carbocycles. The van der Waals surface area contributed by atoms with Gasteiger partial charge in [0.05, 0.1) is 0 Å². The van der Waals surface area contributed by atoms with Crippen LogP contribution in [-0.2, 0) is 11.4 Å². The Hall–Kier alpha value is -0.01000. The third-order valence-corrected chi connectivity index (χ3v) is 2.07. The molecule has 106 valence electrons. The largest absolute Gasteiger partial charge is 1.00 e. The number of hydrogen-bond donors (Lipinski definition) is 0. The van der Waals surface area contributed by atoms with Gasteiger partial charge in [-0.1, -0.05) is 86.0 Å². The maximum Gasteiger partial charge on any atom is 1.00 e. The van der Waals surface area contributed by atoms with Gasteiger partial charge in [-0.25, -0.2) is 0 Å². The van der Waals surface area contributed by atoms with Gasteiger partial charge in [-0.3, -0.25) is 4.21 Å². The fraction of sp³-hybridized carbons (Fsp3) is 0. The van der Waals surface area contributed by atoms with Crippen molar-refractivity contribution in [1.29, 1.82) is 0 Å². The third-order valence-electron chi connectivity index (χ3n) is 2.07. The van der Waals surface area contributed by atoms with Crippen LogP contribution in [0.3, 0.4) is 0 Å². The smallest absolute Gasteiger partial charge is 0.784 e. The maximum absolute atomic E-state index is 8.44. The molecule has 0 unspecified atom stereocenters. The zero-order chi connectivity index (χ0) is 15.2. The van der Waals surface area contributed by atoms with E-state index < -0.39 is 11.4 Å². The molecule has 22 heavy (non-hydrogen) atoms. The van der Waals surface area contributed by atoms with E-state index in [9.17, 15) is 0 Å². The van der Waals surface area contributed by atoms with Gasteiger partial charge in [0.25, 0.3) is 0 Å². The summed E-state index contributed by atoms with van der Waals surface area (Å²) >= 11 is -3.11. The van der Waals surface area contributed by atoms with Crippen LogP contribution in [0.15, 0.2) is 73.8 Å². The molecular formula is C16H16Na2O3S. The SMILES string of the molecule is C=Cc1ccccc1.C=Cc1ccccc1.O=S([O-])[O-].[Na+].[Na+]. The Bertz CT molecular complexity index is 472. The average Bonchev–Trinajstić information content (AvgIpc) is 2.49. The Kier molecular flexibility index (Phi) is 23.2. The van der Waals surface area contributed by atoms with Crippen LogP contribution in [0.4, 0.5) is 0 Å². The summed E-state index contributed by atoms with van der Waals surface area (Å²) in [6.07, 6.45) is 3.67. The Morgan fingerprint density at radius 3 is 1.09 bits per heavy atom. The summed E-state index contributed by atoms with van der Waals surface area (Å²) in [5.74, 6) is 0. The van der Waals surface area contributed by atoms with Gasteiger partial charge in [-0.05, 0) is 11.1 Å². The van der Waals surface area contributed by atoms with Crippen molar-refractivity contribution in [3.63, 3.8) is 0 Å². The van der Waals surface area contributed by atoms with Crippen molar-refractivity contribution in [2.45, 2.75) is 0 Å². The second-order valence-electron chi connectivity index (χ2n) is 3.43. The van der Waals surface area contributed by atoms with Crippen molar-refractivity contribution in [3.05, 3.63) is 84.9 Å². The van der Waals surface area contributed by atoms with E-state index in [4.69, 9.17) is 13.3 Å². The van der Waals surface area contributed by atoms with E-state index in [1.54, 1.807) is 0 Å². The van der Waals surface area contributed by atoms with E-state index in [1.807, 2.05) is 72.8 Å². The van der Waals surface area contributed by atoms with Gasteiger partial charge in [0.15, 0.2) is 0 Å². The molecule has 0 aromatic heterocycles. The van der Waals surface area contributed by atoms with Crippen LogP contribution in [0.25, 0.3) is 12.2 Å². The Balaban J connectivity index is -0.000000249. The Labute approximate surface area is 179 Å². The Morgan fingerprint density at radius 1 is 0.727 bits per heavy atom. The molecular weight excluding hydrogens is 318 g/mol. The molecule has 0 heterocycles. The van der Waals surface area contributed by atoms with Gasteiger partial charge in [0.1, 0.15) is 0 Å². The second-order valence-corrected chi connectivity index (χ2v) is 3.84. The zero-order valence-electron chi connectivity index (χ0n) is 13.0. The number of hydrogen-bond acceptors (Lipinski definition) is 3. The molecule has 2 aromatic carbocycles. The van der Waals surface area contributed by atoms with Gasteiger partial charge in [-0.2, -0.15) is 0 Å². The van der Waals surface area contributed by atoms with Crippen LogP contribution in [0.2, 0.25) is 0 Å². The predicted octanol–water partition coefficient (Wildman–Crippen LogP) is -2.34. The van der Waals surface area contributed by atoms with Gasteiger partial charge in [-0.15, -0.1) is 11.4 Å². The van der Waals surface area contributed by atoms with Crippen LogP contribution in [0.5, 0.6) is 0 Å². The first-order valence-corrected chi connectivity index (χ1v) is 6.72. The quantitative estimate of drug-likeness (QED) is 0.457. The number of benzene rings is 2. The monoisotopic (exact) mass is 334 g/mol. The van der Waals surface area contributed by atoms with E-state index in [1.165, 1.54) is 11.1 Å². The van der Waals surface area contributed by atoms with Crippen LogP contribution in [-0.4, -0.2) is 13.3 Å². The molecule has 0 spiro atoms. The van der Waals surface area contributed by atoms with Crippen LogP contribution in [0.1, 0.15) is 11.1 Å². The third kappa shape index (κ3) is 18.0. The van der Waals surface area contributed by atoms with E-state index in [-0.39, 0.29) is 59.1 Å². The first-order valence-electron chi connectivity index (χ1n) is 5.72. The second kappa shape index (κ2) is 19.0. The predicted molar refractivity (Wildman–Crippen MR) is 82.8 cm³/mol.